The Labute approximate surface area is 305 Å². The van der Waals surface area contributed by atoms with Crippen LogP contribution in [0.2, 0.25) is 0 Å². The SMILES string of the molecule is CN(CCN(C)C(=O)[C@H](CCCCNC(=O)OC(C)(C)C)NC(=O)c1ccc(C2(C(F)(F)F)N=N2)cc1)C(=O)CCCC[C@@H]1SC[C@@H]2NC(=O)N[C@@H]21. The molecule has 1 aromatic rings. The Kier molecular flexibility index (Phi) is 13.4. The van der Waals surface area contributed by atoms with Gasteiger partial charge in [-0.25, -0.2) is 9.59 Å². The second-order valence-corrected chi connectivity index (χ2v) is 15.6. The summed E-state index contributed by atoms with van der Waals surface area (Å²) in [6.45, 7) is 5.98. The lowest BCUT2D eigenvalue weighted by molar-refractivity contribution is -0.166. The number of urea groups is 1. The Hall–Kier alpha value is -4.09. The second-order valence-electron chi connectivity index (χ2n) is 14.3. The van der Waals surface area contributed by atoms with E-state index in [1.54, 1.807) is 39.8 Å². The summed E-state index contributed by atoms with van der Waals surface area (Å²) in [7, 11) is 3.24. The van der Waals surface area contributed by atoms with Gasteiger partial charge in [0.2, 0.25) is 11.8 Å². The van der Waals surface area contributed by atoms with Gasteiger partial charge in [-0.2, -0.15) is 24.9 Å². The molecular weight excluding hydrogens is 705 g/mol. The van der Waals surface area contributed by atoms with E-state index in [4.69, 9.17) is 4.74 Å². The van der Waals surface area contributed by atoms with Crippen LogP contribution < -0.4 is 21.3 Å². The van der Waals surface area contributed by atoms with Crippen molar-refractivity contribution >= 4 is 41.6 Å². The fourth-order valence-corrected chi connectivity index (χ4v) is 7.57. The van der Waals surface area contributed by atoms with Gasteiger partial charge in [0.25, 0.3) is 5.91 Å². The van der Waals surface area contributed by atoms with Crippen LogP contribution >= 0.6 is 11.8 Å². The van der Waals surface area contributed by atoms with E-state index in [-0.39, 0.29) is 61.2 Å². The van der Waals surface area contributed by atoms with E-state index in [0.717, 1.165) is 30.7 Å². The molecule has 288 valence electrons. The zero-order valence-electron chi connectivity index (χ0n) is 30.2. The second kappa shape index (κ2) is 17.2. The van der Waals surface area contributed by atoms with E-state index in [9.17, 15) is 37.1 Å². The third-order valence-corrected chi connectivity index (χ3v) is 10.6. The molecule has 4 atom stereocenters. The first-order valence-electron chi connectivity index (χ1n) is 17.5. The first kappa shape index (κ1) is 40.7. The molecule has 4 N–H and O–H groups in total. The molecule has 1 aromatic carbocycles. The molecular formula is C34H49F3N8O6S. The van der Waals surface area contributed by atoms with Crippen LogP contribution in [0.1, 0.15) is 81.6 Å². The average molecular weight is 755 g/mol. The van der Waals surface area contributed by atoms with Crippen molar-refractivity contribution in [2.45, 2.75) is 107 Å². The average Bonchev–Trinajstić information content (AvgIpc) is 3.71. The van der Waals surface area contributed by atoms with E-state index >= 15 is 0 Å². The molecule has 0 radical (unpaired) electrons. The monoisotopic (exact) mass is 754 g/mol. The number of nitrogens with one attached hydrogen (secondary N) is 4. The van der Waals surface area contributed by atoms with Gasteiger partial charge in [-0.05, 0) is 65.0 Å². The Morgan fingerprint density at radius 2 is 1.67 bits per heavy atom. The van der Waals surface area contributed by atoms with Gasteiger partial charge in [-0.3, -0.25) is 14.4 Å². The first-order valence-corrected chi connectivity index (χ1v) is 18.5. The number of benzene rings is 1. The van der Waals surface area contributed by atoms with E-state index < -0.39 is 41.4 Å². The van der Waals surface area contributed by atoms with Crippen LogP contribution in [-0.2, 0) is 20.0 Å². The minimum absolute atomic E-state index is 0.0510. The number of hydrogen-bond acceptors (Lipinski definition) is 9. The number of alkyl halides is 3. The van der Waals surface area contributed by atoms with Crippen molar-refractivity contribution in [3.8, 4) is 0 Å². The zero-order valence-corrected chi connectivity index (χ0v) is 31.0. The highest BCUT2D eigenvalue weighted by molar-refractivity contribution is 8.00. The van der Waals surface area contributed by atoms with Gasteiger partial charge in [-0.1, -0.05) is 18.6 Å². The molecule has 4 rings (SSSR count). The normalized spacial score (nSPS) is 20.6. The number of rotatable bonds is 17. The molecule has 3 aliphatic rings. The van der Waals surface area contributed by atoms with Gasteiger partial charge >= 0.3 is 24.0 Å². The van der Waals surface area contributed by atoms with Crippen molar-refractivity contribution in [3.63, 3.8) is 0 Å². The smallest absolute Gasteiger partial charge is 0.442 e. The molecule has 14 nitrogen and oxygen atoms in total. The van der Waals surface area contributed by atoms with E-state index in [1.807, 2.05) is 11.8 Å². The van der Waals surface area contributed by atoms with Crippen LogP contribution in [0.3, 0.4) is 0 Å². The number of amides is 6. The van der Waals surface area contributed by atoms with Gasteiger partial charge < -0.3 is 35.8 Å². The third-order valence-electron chi connectivity index (χ3n) is 9.08. The number of thioether (sulfide) groups is 1. The summed E-state index contributed by atoms with van der Waals surface area (Å²) in [6.07, 6.45) is -1.34. The van der Waals surface area contributed by atoms with Crippen molar-refractivity contribution in [1.29, 1.82) is 0 Å². The highest BCUT2D eigenvalue weighted by atomic mass is 32.2. The number of fused-ring (bicyclic) bond motifs is 1. The Morgan fingerprint density at radius 3 is 2.31 bits per heavy atom. The standard InChI is InChI=1S/C34H49F3N8O6S/c1-32(2,3)51-31(50)38-17-9-8-10-23(39-28(47)21-13-15-22(16-14-21)33(42-43-33)34(35,36)37)29(48)45(5)19-18-44(4)26(46)12-7-6-11-25-27-24(20-52-25)40-30(49)41-27/h13-16,23-25,27H,6-12,17-20H2,1-5H3,(H,38,50)(H,39,47)(H2,40,41,49)/t23-,24-,25-,27-/m0/s1. The fraction of sp³-hybridized carbons (Fsp3) is 0.676. The maximum absolute atomic E-state index is 13.6. The quantitative estimate of drug-likeness (QED) is 0.136. The fourth-order valence-electron chi connectivity index (χ4n) is 6.03. The molecule has 3 heterocycles. The lowest BCUT2D eigenvalue weighted by Crippen LogP contribution is -2.49. The molecule has 18 heteroatoms. The van der Waals surface area contributed by atoms with Gasteiger partial charge in [0.1, 0.15) is 11.6 Å². The summed E-state index contributed by atoms with van der Waals surface area (Å²) >= 11 is 1.83. The summed E-state index contributed by atoms with van der Waals surface area (Å²) in [5.74, 6) is -0.233. The molecule has 6 amide bonds. The van der Waals surface area contributed by atoms with Gasteiger partial charge in [0.05, 0.1) is 12.1 Å². The Bertz CT molecular complexity index is 1480. The minimum Gasteiger partial charge on any atom is -0.444 e. The molecule has 0 spiro atoms. The predicted octanol–water partition coefficient (Wildman–Crippen LogP) is 4.30. The number of carbonyl (C=O) groups is 5. The van der Waals surface area contributed by atoms with Crippen molar-refractivity contribution in [2.75, 3.05) is 39.5 Å². The van der Waals surface area contributed by atoms with Crippen LogP contribution in [0, 0.1) is 0 Å². The number of carbonyl (C=O) groups excluding carboxylic acids is 5. The molecule has 0 aromatic heterocycles. The highest BCUT2D eigenvalue weighted by Crippen LogP contribution is 2.52. The maximum atomic E-state index is 13.6. The van der Waals surface area contributed by atoms with Crippen molar-refractivity contribution in [1.82, 2.24) is 31.1 Å². The summed E-state index contributed by atoms with van der Waals surface area (Å²) < 4.78 is 45.5. The molecule has 0 saturated carbocycles. The number of alkyl carbamates (subject to hydrolysis) is 1. The van der Waals surface area contributed by atoms with Gasteiger partial charge in [0.15, 0.2) is 0 Å². The highest BCUT2D eigenvalue weighted by Gasteiger charge is 2.65. The number of nitrogens with zero attached hydrogens (tertiary/aromatic N) is 4. The van der Waals surface area contributed by atoms with Crippen LogP contribution in [0.4, 0.5) is 22.8 Å². The van der Waals surface area contributed by atoms with Crippen LogP contribution in [-0.4, -0.2) is 114 Å². The van der Waals surface area contributed by atoms with E-state index in [2.05, 4.69) is 31.5 Å². The molecule has 0 bridgehead atoms. The van der Waals surface area contributed by atoms with Crippen molar-refractivity contribution < 1.29 is 41.9 Å². The Morgan fingerprint density at radius 1 is 1.00 bits per heavy atom. The predicted molar refractivity (Wildman–Crippen MR) is 188 cm³/mol. The summed E-state index contributed by atoms with van der Waals surface area (Å²) in [4.78, 5) is 66.2. The number of halogens is 3. The van der Waals surface area contributed by atoms with E-state index in [0.29, 0.717) is 30.9 Å². The maximum Gasteiger partial charge on any atom is 0.442 e. The molecule has 0 unspecified atom stereocenters. The summed E-state index contributed by atoms with van der Waals surface area (Å²) in [5, 5.41) is 17.9. The van der Waals surface area contributed by atoms with Crippen LogP contribution in [0.25, 0.3) is 0 Å². The number of likely N-dealkylation sites (N-methyl/N-ethyl adjacent to an activating group) is 2. The third kappa shape index (κ3) is 11.0. The van der Waals surface area contributed by atoms with Crippen molar-refractivity contribution in [3.05, 3.63) is 35.4 Å². The van der Waals surface area contributed by atoms with Crippen LogP contribution in [0.5, 0.6) is 0 Å². The lowest BCUT2D eigenvalue weighted by atomic mass is 10.0. The van der Waals surface area contributed by atoms with Crippen LogP contribution in [0.15, 0.2) is 34.5 Å². The minimum atomic E-state index is -4.71. The number of ether oxygens (including phenoxy) is 1. The molecule has 3 aliphatic heterocycles. The zero-order chi connectivity index (χ0) is 38.3. The largest absolute Gasteiger partial charge is 0.444 e. The summed E-state index contributed by atoms with van der Waals surface area (Å²) in [6, 6.07) is 3.90. The topological polar surface area (TPSA) is 174 Å². The molecule has 0 aliphatic carbocycles. The molecule has 52 heavy (non-hydrogen) atoms. The Balaban J connectivity index is 1.26. The van der Waals surface area contributed by atoms with Crippen molar-refractivity contribution in [2.24, 2.45) is 10.2 Å². The van der Waals surface area contributed by atoms with Gasteiger partial charge in [0, 0.05) is 62.3 Å². The number of hydrogen-bond donors (Lipinski definition) is 4. The number of unbranched alkanes of at least 4 members (excludes halogenated alkanes) is 2. The van der Waals surface area contributed by atoms with Gasteiger partial charge in [-0.15, -0.1) is 10.2 Å². The first-order chi connectivity index (χ1) is 24.4. The lowest BCUT2D eigenvalue weighted by Gasteiger charge is -2.27. The molecule has 2 saturated heterocycles. The molecule has 2 fully saturated rings. The van der Waals surface area contributed by atoms with E-state index in [1.165, 1.54) is 17.0 Å². The summed E-state index contributed by atoms with van der Waals surface area (Å²) in [5.41, 5.74) is -3.44.